The average Bonchev–Trinajstić information content (AvgIpc) is 2.30. The van der Waals surface area contributed by atoms with Crippen LogP contribution in [0, 0.1) is 10.1 Å². The molecule has 15 heavy (non-hydrogen) atoms. The van der Waals surface area contributed by atoms with E-state index in [1.807, 2.05) is 12.2 Å². The van der Waals surface area contributed by atoms with Crippen molar-refractivity contribution < 1.29 is 4.92 Å². The van der Waals surface area contributed by atoms with Gasteiger partial charge in [0.2, 0.25) is 0 Å². The minimum atomic E-state index is -0.215. The molecule has 0 saturated carbocycles. The molecule has 82 valence electrons. The van der Waals surface area contributed by atoms with E-state index in [1.54, 1.807) is 0 Å². The number of nitrogens with zero attached hydrogens (tertiary/aromatic N) is 2. The van der Waals surface area contributed by atoms with E-state index >= 15 is 0 Å². The van der Waals surface area contributed by atoms with E-state index in [0.29, 0.717) is 12.1 Å². The Kier molecular flexibility index (Phi) is 3.04. The van der Waals surface area contributed by atoms with Crippen LogP contribution in [-0.4, -0.2) is 22.9 Å². The highest BCUT2D eigenvalue weighted by Gasteiger charge is 2.24. The van der Waals surface area contributed by atoms with Gasteiger partial charge in [-0.05, 0) is 31.8 Å². The van der Waals surface area contributed by atoms with Crippen LogP contribution in [0.1, 0.15) is 32.1 Å². The van der Waals surface area contributed by atoms with E-state index in [2.05, 4.69) is 4.90 Å². The number of likely N-dealkylation sites (tertiary alicyclic amines) is 1. The summed E-state index contributed by atoms with van der Waals surface area (Å²) in [5.74, 6) is 0. The Labute approximate surface area is 89.4 Å². The fourth-order valence-electron chi connectivity index (χ4n) is 2.25. The summed E-state index contributed by atoms with van der Waals surface area (Å²) in [6.45, 7) is 1.94. The third-order valence-corrected chi connectivity index (χ3v) is 3.04. The van der Waals surface area contributed by atoms with Crippen molar-refractivity contribution >= 4 is 0 Å². The maximum absolute atomic E-state index is 10.9. The van der Waals surface area contributed by atoms with Crippen LogP contribution in [0.2, 0.25) is 0 Å². The SMILES string of the molecule is O=[N+]([O-])C1=C(N2CCCCC2)C=CCC1. The third-order valence-electron chi connectivity index (χ3n) is 3.04. The molecule has 1 fully saturated rings. The second-order valence-corrected chi connectivity index (χ2v) is 4.08. The fourth-order valence-corrected chi connectivity index (χ4v) is 2.25. The van der Waals surface area contributed by atoms with Crippen LogP contribution in [0.25, 0.3) is 0 Å². The first kappa shape index (κ1) is 10.2. The van der Waals surface area contributed by atoms with Crippen molar-refractivity contribution in [3.63, 3.8) is 0 Å². The van der Waals surface area contributed by atoms with Gasteiger partial charge in [0.25, 0.3) is 5.70 Å². The molecule has 0 N–H and O–H groups in total. The summed E-state index contributed by atoms with van der Waals surface area (Å²) in [5, 5.41) is 10.9. The maximum Gasteiger partial charge on any atom is 0.269 e. The number of nitro groups is 1. The van der Waals surface area contributed by atoms with Crippen molar-refractivity contribution in [3.8, 4) is 0 Å². The number of allylic oxidation sites excluding steroid dienone is 3. The molecule has 1 aliphatic carbocycles. The van der Waals surface area contributed by atoms with Crippen molar-refractivity contribution in [3.05, 3.63) is 33.7 Å². The van der Waals surface area contributed by atoms with Gasteiger partial charge in [0.05, 0.1) is 4.92 Å². The van der Waals surface area contributed by atoms with Gasteiger partial charge in [0.1, 0.15) is 5.70 Å². The summed E-state index contributed by atoms with van der Waals surface area (Å²) in [6, 6.07) is 0. The zero-order valence-electron chi connectivity index (χ0n) is 8.82. The average molecular weight is 208 g/mol. The number of rotatable bonds is 2. The lowest BCUT2D eigenvalue weighted by molar-refractivity contribution is -0.430. The summed E-state index contributed by atoms with van der Waals surface area (Å²) in [7, 11) is 0. The summed E-state index contributed by atoms with van der Waals surface area (Å²) >= 11 is 0. The predicted octanol–water partition coefficient (Wildman–Crippen LogP) is 2.31. The van der Waals surface area contributed by atoms with Gasteiger partial charge in [-0.1, -0.05) is 6.08 Å². The Morgan fingerprint density at radius 2 is 2.00 bits per heavy atom. The molecule has 0 aromatic carbocycles. The quantitative estimate of drug-likeness (QED) is 0.516. The Balaban J connectivity index is 2.22. The van der Waals surface area contributed by atoms with Gasteiger partial charge in [0, 0.05) is 19.5 Å². The molecule has 0 radical (unpaired) electrons. The highest BCUT2D eigenvalue weighted by Crippen LogP contribution is 2.25. The van der Waals surface area contributed by atoms with Crippen LogP contribution >= 0.6 is 0 Å². The minimum absolute atomic E-state index is 0.215. The van der Waals surface area contributed by atoms with Gasteiger partial charge >= 0.3 is 0 Å². The summed E-state index contributed by atoms with van der Waals surface area (Å²) in [4.78, 5) is 12.8. The fraction of sp³-hybridized carbons (Fsp3) is 0.636. The first-order valence-electron chi connectivity index (χ1n) is 5.58. The molecule has 0 bridgehead atoms. The molecule has 2 rings (SSSR count). The normalized spacial score (nSPS) is 22.0. The smallest absolute Gasteiger partial charge is 0.269 e. The maximum atomic E-state index is 10.9. The highest BCUT2D eigenvalue weighted by atomic mass is 16.6. The van der Waals surface area contributed by atoms with Gasteiger partial charge < -0.3 is 4.90 Å². The Bertz CT molecular complexity index is 315. The molecule has 1 saturated heterocycles. The van der Waals surface area contributed by atoms with Crippen molar-refractivity contribution in [2.24, 2.45) is 0 Å². The molecule has 1 aliphatic heterocycles. The van der Waals surface area contributed by atoms with Crippen LogP contribution in [0.15, 0.2) is 23.5 Å². The van der Waals surface area contributed by atoms with Gasteiger partial charge in [-0.25, -0.2) is 0 Å². The first-order chi connectivity index (χ1) is 7.29. The number of hydrogen-bond acceptors (Lipinski definition) is 3. The lowest BCUT2D eigenvalue weighted by Gasteiger charge is -2.30. The van der Waals surface area contributed by atoms with Gasteiger partial charge in [-0.2, -0.15) is 0 Å². The molecule has 4 heteroatoms. The van der Waals surface area contributed by atoms with Gasteiger partial charge in [-0.3, -0.25) is 10.1 Å². The van der Waals surface area contributed by atoms with E-state index < -0.39 is 0 Å². The Hall–Kier alpha value is -1.32. The lowest BCUT2D eigenvalue weighted by atomic mass is 10.0. The standard InChI is InChI=1S/C11H16N2O2/c14-13(15)11-7-3-2-6-10(11)12-8-4-1-5-9-12/h2,6H,1,3-5,7-9H2. The van der Waals surface area contributed by atoms with E-state index in [0.717, 1.165) is 38.0 Å². The van der Waals surface area contributed by atoms with Crippen molar-refractivity contribution in [2.75, 3.05) is 13.1 Å². The topological polar surface area (TPSA) is 46.4 Å². The molecule has 0 spiro atoms. The second-order valence-electron chi connectivity index (χ2n) is 4.08. The minimum Gasteiger partial charge on any atom is -0.366 e. The van der Waals surface area contributed by atoms with Crippen LogP contribution in [0.4, 0.5) is 0 Å². The van der Waals surface area contributed by atoms with E-state index in [9.17, 15) is 10.1 Å². The Morgan fingerprint density at radius 1 is 1.27 bits per heavy atom. The molecule has 4 nitrogen and oxygen atoms in total. The molecule has 0 aromatic heterocycles. The van der Waals surface area contributed by atoms with E-state index in [-0.39, 0.29) is 4.92 Å². The summed E-state index contributed by atoms with van der Waals surface area (Å²) in [6.07, 6.45) is 8.90. The lowest BCUT2D eigenvalue weighted by Crippen LogP contribution is -2.30. The number of piperidine rings is 1. The molecule has 0 amide bonds. The molecule has 0 aromatic rings. The summed E-state index contributed by atoms with van der Waals surface area (Å²) < 4.78 is 0. The van der Waals surface area contributed by atoms with Crippen molar-refractivity contribution in [1.82, 2.24) is 4.90 Å². The van der Waals surface area contributed by atoms with Crippen LogP contribution in [0.5, 0.6) is 0 Å². The van der Waals surface area contributed by atoms with E-state index in [1.165, 1.54) is 6.42 Å². The zero-order valence-corrected chi connectivity index (χ0v) is 8.82. The van der Waals surface area contributed by atoms with Crippen LogP contribution in [-0.2, 0) is 0 Å². The Morgan fingerprint density at radius 3 is 2.67 bits per heavy atom. The first-order valence-corrected chi connectivity index (χ1v) is 5.58. The van der Waals surface area contributed by atoms with Crippen LogP contribution < -0.4 is 0 Å². The largest absolute Gasteiger partial charge is 0.366 e. The third kappa shape index (κ3) is 2.19. The second kappa shape index (κ2) is 4.47. The van der Waals surface area contributed by atoms with Crippen LogP contribution in [0.3, 0.4) is 0 Å². The zero-order chi connectivity index (χ0) is 10.7. The van der Waals surface area contributed by atoms with Gasteiger partial charge in [0.15, 0.2) is 0 Å². The predicted molar refractivity (Wildman–Crippen MR) is 57.8 cm³/mol. The van der Waals surface area contributed by atoms with Crippen molar-refractivity contribution in [1.29, 1.82) is 0 Å². The van der Waals surface area contributed by atoms with Gasteiger partial charge in [-0.15, -0.1) is 0 Å². The highest BCUT2D eigenvalue weighted by molar-refractivity contribution is 5.25. The number of hydrogen-bond donors (Lipinski definition) is 0. The monoisotopic (exact) mass is 208 g/mol. The molecule has 0 atom stereocenters. The molecule has 1 heterocycles. The van der Waals surface area contributed by atoms with Crippen molar-refractivity contribution in [2.45, 2.75) is 32.1 Å². The van der Waals surface area contributed by atoms with E-state index in [4.69, 9.17) is 0 Å². The molecular weight excluding hydrogens is 192 g/mol. The summed E-state index contributed by atoms with van der Waals surface area (Å²) in [5.41, 5.74) is 1.25. The molecule has 0 unspecified atom stereocenters. The molecule has 2 aliphatic rings. The molecular formula is C11H16N2O2.